The number of likely N-dealkylation sites (tertiary alicyclic amines) is 1. The van der Waals surface area contributed by atoms with E-state index in [2.05, 4.69) is 9.97 Å². The molecule has 1 amide bonds. The van der Waals surface area contributed by atoms with Crippen LogP contribution in [0, 0.1) is 5.82 Å². The average molecular weight is 317 g/mol. The standard InChI is InChI=1S/C16H16FN3OS/c17-13-5-3-12(4-6-13)14-7-8-18-16(19-14)22-11-15(21)20-9-1-2-10-20/h3-8H,1-2,9-11H2. The summed E-state index contributed by atoms with van der Waals surface area (Å²) in [6, 6.07) is 7.95. The highest BCUT2D eigenvalue weighted by Crippen LogP contribution is 2.21. The van der Waals surface area contributed by atoms with Crippen molar-refractivity contribution in [1.82, 2.24) is 14.9 Å². The topological polar surface area (TPSA) is 46.1 Å². The second-order valence-electron chi connectivity index (χ2n) is 5.11. The molecule has 0 saturated carbocycles. The summed E-state index contributed by atoms with van der Waals surface area (Å²) >= 11 is 1.34. The van der Waals surface area contributed by atoms with Gasteiger partial charge in [0.2, 0.25) is 5.91 Å². The first-order valence-electron chi connectivity index (χ1n) is 7.22. The number of nitrogens with zero attached hydrogens (tertiary/aromatic N) is 3. The predicted molar refractivity (Wildman–Crippen MR) is 84.0 cm³/mol. The van der Waals surface area contributed by atoms with Crippen LogP contribution in [0.2, 0.25) is 0 Å². The van der Waals surface area contributed by atoms with Gasteiger partial charge in [-0.3, -0.25) is 4.79 Å². The van der Waals surface area contributed by atoms with Crippen molar-refractivity contribution >= 4 is 17.7 Å². The lowest BCUT2D eigenvalue weighted by Crippen LogP contribution is -2.29. The fraction of sp³-hybridized carbons (Fsp3) is 0.312. The SMILES string of the molecule is O=C(CSc1nccc(-c2ccc(F)cc2)n1)N1CCCC1. The van der Waals surface area contributed by atoms with Crippen LogP contribution in [0.1, 0.15) is 12.8 Å². The zero-order valence-corrected chi connectivity index (χ0v) is 12.9. The molecule has 1 saturated heterocycles. The van der Waals surface area contributed by atoms with Gasteiger partial charge in [-0.25, -0.2) is 14.4 Å². The molecule has 114 valence electrons. The normalized spacial score (nSPS) is 14.3. The van der Waals surface area contributed by atoms with E-state index in [0.29, 0.717) is 10.9 Å². The van der Waals surface area contributed by atoms with Crippen LogP contribution in [0.4, 0.5) is 4.39 Å². The van der Waals surface area contributed by atoms with E-state index in [0.717, 1.165) is 37.2 Å². The van der Waals surface area contributed by atoms with Crippen LogP contribution in [0.15, 0.2) is 41.7 Å². The van der Waals surface area contributed by atoms with Gasteiger partial charge < -0.3 is 4.90 Å². The average Bonchev–Trinajstić information content (AvgIpc) is 3.08. The highest BCUT2D eigenvalue weighted by Gasteiger charge is 2.18. The molecular weight excluding hydrogens is 301 g/mol. The lowest BCUT2D eigenvalue weighted by atomic mass is 10.1. The van der Waals surface area contributed by atoms with Gasteiger partial charge in [0.25, 0.3) is 0 Å². The molecule has 0 radical (unpaired) electrons. The smallest absolute Gasteiger partial charge is 0.233 e. The summed E-state index contributed by atoms with van der Waals surface area (Å²) in [5.41, 5.74) is 1.56. The van der Waals surface area contributed by atoms with Crippen molar-refractivity contribution in [3.63, 3.8) is 0 Å². The molecule has 22 heavy (non-hydrogen) atoms. The number of thioether (sulfide) groups is 1. The first-order valence-corrected chi connectivity index (χ1v) is 8.20. The Balaban J connectivity index is 1.66. The summed E-state index contributed by atoms with van der Waals surface area (Å²) in [5, 5.41) is 0.564. The Hall–Kier alpha value is -1.95. The van der Waals surface area contributed by atoms with Crippen molar-refractivity contribution < 1.29 is 9.18 Å². The third-order valence-electron chi connectivity index (χ3n) is 3.56. The zero-order chi connectivity index (χ0) is 15.4. The molecule has 1 aromatic heterocycles. The summed E-state index contributed by atoms with van der Waals surface area (Å²) < 4.78 is 13.0. The van der Waals surface area contributed by atoms with Gasteiger partial charge in [-0.15, -0.1) is 0 Å². The van der Waals surface area contributed by atoms with Crippen molar-refractivity contribution in [2.24, 2.45) is 0 Å². The molecule has 2 aromatic rings. The number of benzene rings is 1. The molecule has 1 aliphatic rings. The fourth-order valence-electron chi connectivity index (χ4n) is 2.38. The van der Waals surface area contributed by atoms with E-state index < -0.39 is 0 Å². The highest BCUT2D eigenvalue weighted by atomic mass is 32.2. The van der Waals surface area contributed by atoms with Gasteiger partial charge >= 0.3 is 0 Å². The van der Waals surface area contributed by atoms with Gasteiger partial charge in [0.15, 0.2) is 5.16 Å². The van der Waals surface area contributed by atoms with Gasteiger partial charge in [-0.05, 0) is 43.2 Å². The Morgan fingerprint density at radius 1 is 1.18 bits per heavy atom. The molecule has 0 spiro atoms. The first kappa shape index (κ1) is 15.0. The van der Waals surface area contributed by atoms with Crippen molar-refractivity contribution in [1.29, 1.82) is 0 Å². The molecule has 6 heteroatoms. The highest BCUT2D eigenvalue weighted by molar-refractivity contribution is 7.99. The molecule has 0 unspecified atom stereocenters. The monoisotopic (exact) mass is 317 g/mol. The van der Waals surface area contributed by atoms with Crippen molar-refractivity contribution in [2.75, 3.05) is 18.8 Å². The van der Waals surface area contributed by atoms with Crippen molar-refractivity contribution in [2.45, 2.75) is 18.0 Å². The minimum Gasteiger partial charge on any atom is -0.342 e. The number of halogens is 1. The third kappa shape index (κ3) is 3.62. The molecule has 1 aliphatic heterocycles. The Morgan fingerprint density at radius 2 is 1.91 bits per heavy atom. The Kier molecular flexibility index (Phi) is 4.68. The minimum atomic E-state index is -0.274. The minimum absolute atomic E-state index is 0.137. The number of hydrogen-bond donors (Lipinski definition) is 0. The molecule has 0 bridgehead atoms. The van der Waals surface area contributed by atoms with E-state index in [1.54, 1.807) is 24.4 Å². The maximum atomic E-state index is 13.0. The number of amides is 1. The molecule has 0 aliphatic carbocycles. The van der Waals surface area contributed by atoms with Crippen LogP contribution < -0.4 is 0 Å². The molecule has 4 nitrogen and oxygen atoms in total. The number of carbonyl (C=O) groups excluding carboxylic acids is 1. The maximum absolute atomic E-state index is 13.0. The quantitative estimate of drug-likeness (QED) is 0.642. The van der Waals surface area contributed by atoms with E-state index in [1.807, 2.05) is 4.90 Å². The van der Waals surface area contributed by atoms with Crippen LogP contribution in [0.25, 0.3) is 11.3 Å². The van der Waals surface area contributed by atoms with Crippen molar-refractivity contribution in [3.05, 3.63) is 42.3 Å². The molecule has 0 N–H and O–H groups in total. The van der Waals surface area contributed by atoms with E-state index in [4.69, 9.17) is 0 Å². The second kappa shape index (κ2) is 6.87. The molecule has 2 heterocycles. The summed E-state index contributed by atoms with van der Waals surface area (Å²) in [6.07, 6.45) is 3.84. The summed E-state index contributed by atoms with van der Waals surface area (Å²) in [5.74, 6) is 0.217. The van der Waals surface area contributed by atoms with Gasteiger partial charge in [0.1, 0.15) is 5.82 Å². The Labute approximate surface area is 132 Å². The zero-order valence-electron chi connectivity index (χ0n) is 12.0. The number of rotatable bonds is 4. The van der Waals surface area contributed by atoms with E-state index in [9.17, 15) is 9.18 Å². The van der Waals surface area contributed by atoms with Gasteiger partial charge in [0, 0.05) is 24.8 Å². The fourth-order valence-corrected chi connectivity index (χ4v) is 3.11. The van der Waals surface area contributed by atoms with Gasteiger partial charge in [0.05, 0.1) is 11.4 Å². The second-order valence-corrected chi connectivity index (χ2v) is 6.05. The molecule has 3 rings (SSSR count). The van der Waals surface area contributed by atoms with Crippen LogP contribution >= 0.6 is 11.8 Å². The van der Waals surface area contributed by atoms with Crippen molar-refractivity contribution in [3.8, 4) is 11.3 Å². The molecule has 1 fully saturated rings. The number of hydrogen-bond acceptors (Lipinski definition) is 4. The Bertz CT molecular complexity index is 657. The molecule has 1 aromatic carbocycles. The van der Waals surface area contributed by atoms with Crippen LogP contribution in [0.5, 0.6) is 0 Å². The predicted octanol–water partition coefficient (Wildman–Crippen LogP) is 3.00. The van der Waals surface area contributed by atoms with E-state index >= 15 is 0 Å². The number of carbonyl (C=O) groups is 1. The van der Waals surface area contributed by atoms with Gasteiger partial charge in [-0.1, -0.05) is 11.8 Å². The molecular formula is C16H16FN3OS. The third-order valence-corrected chi connectivity index (χ3v) is 4.40. The lowest BCUT2D eigenvalue weighted by Gasteiger charge is -2.14. The Morgan fingerprint density at radius 3 is 2.64 bits per heavy atom. The lowest BCUT2D eigenvalue weighted by molar-refractivity contribution is -0.127. The largest absolute Gasteiger partial charge is 0.342 e. The summed E-state index contributed by atoms with van der Waals surface area (Å²) in [4.78, 5) is 22.5. The van der Waals surface area contributed by atoms with E-state index in [-0.39, 0.29) is 11.7 Å². The number of aromatic nitrogens is 2. The summed E-state index contributed by atoms with van der Waals surface area (Å²) in [6.45, 7) is 1.71. The van der Waals surface area contributed by atoms with Crippen LogP contribution in [-0.4, -0.2) is 39.6 Å². The molecule has 0 atom stereocenters. The van der Waals surface area contributed by atoms with E-state index in [1.165, 1.54) is 23.9 Å². The van der Waals surface area contributed by atoms with Crippen LogP contribution in [-0.2, 0) is 4.79 Å². The van der Waals surface area contributed by atoms with Crippen LogP contribution in [0.3, 0.4) is 0 Å². The first-order chi connectivity index (χ1) is 10.7. The summed E-state index contributed by atoms with van der Waals surface area (Å²) in [7, 11) is 0. The maximum Gasteiger partial charge on any atom is 0.233 e. The van der Waals surface area contributed by atoms with Gasteiger partial charge in [-0.2, -0.15) is 0 Å².